The first-order valence-corrected chi connectivity index (χ1v) is 15.5. The molecule has 0 N–H and O–H groups in total. The number of likely N-dealkylation sites (tertiary alicyclic amines) is 1. The van der Waals surface area contributed by atoms with Crippen molar-refractivity contribution in [2.75, 3.05) is 58.5 Å². The SMILES string of the molecule is CO[C@@H]1C[C@@H](COc2nc(N3CCN(C(=O)C#CCF)[C@@H](CC#N)C3)c3cnc(-c4cccc5cccc(C)c45)c(F)c3n2)N(C)C1. The zero-order chi connectivity index (χ0) is 33.1. The lowest BCUT2D eigenvalue weighted by Gasteiger charge is -2.40. The number of anilines is 1. The van der Waals surface area contributed by atoms with Crippen molar-refractivity contribution in [1.29, 1.82) is 5.26 Å². The van der Waals surface area contributed by atoms with Crippen molar-refractivity contribution < 1.29 is 23.0 Å². The van der Waals surface area contributed by atoms with Crippen molar-refractivity contribution in [3.8, 4) is 35.2 Å². The maximum Gasteiger partial charge on any atom is 0.319 e. The predicted octanol–water partition coefficient (Wildman–Crippen LogP) is 4.29. The number of amides is 1. The molecule has 0 saturated carbocycles. The molecule has 2 saturated heterocycles. The van der Waals surface area contributed by atoms with Gasteiger partial charge >= 0.3 is 6.01 Å². The monoisotopic (exact) mass is 639 g/mol. The Morgan fingerprint density at radius 3 is 2.68 bits per heavy atom. The fourth-order valence-corrected chi connectivity index (χ4v) is 6.58. The van der Waals surface area contributed by atoms with Gasteiger partial charge in [0.1, 0.15) is 23.6 Å². The second-order valence-electron chi connectivity index (χ2n) is 11.9. The van der Waals surface area contributed by atoms with Gasteiger partial charge in [0.05, 0.1) is 30.0 Å². The molecule has 0 spiro atoms. The first-order valence-electron chi connectivity index (χ1n) is 15.5. The molecule has 0 unspecified atom stereocenters. The average molecular weight is 640 g/mol. The number of halogens is 2. The maximum absolute atomic E-state index is 16.7. The summed E-state index contributed by atoms with van der Waals surface area (Å²) in [7, 11) is 3.68. The number of piperazine rings is 1. The summed E-state index contributed by atoms with van der Waals surface area (Å²) >= 11 is 0. The number of ether oxygens (including phenoxy) is 2. The van der Waals surface area contributed by atoms with Crippen LogP contribution in [0, 0.1) is 35.9 Å². The number of hydrogen-bond acceptors (Lipinski definition) is 9. The van der Waals surface area contributed by atoms with Gasteiger partial charge in [0.25, 0.3) is 5.91 Å². The van der Waals surface area contributed by atoms with Crippen LogP contribution in [0.4, 0.5) is 14.6 Å². The van der Waals surface area contributed by atoms with Crippen LogP contribution in [0.5, 0.6) is 6.01 Å². The van der Waals surface area contributed by atoms with E-state index in [4.69, 9.17) is 14.5 Å². The molecule has 12 heteroatoms. The highest BCUT2D eigenvalue weighted by molar-refractivity contribution is 6.00. The fourth-order valence-electron chi connectivity index (χ4n) is 6.58. The molecule has 0 aliphatic carbocycles. The zero-order valence-electron chi connectivity index (χ0n) is 26.5. The summed E-state index contributed by atoms with van der Waals surface area (Å²) in [6.07, 6.45) is 2.45. The largest absolute Gasteiger partial charge is 0.462 e. The molecule has 6 rings (SSSR count). The highest BCUT2D eigenvalue weighted by Gasteiger charge is 2.33. The normalized spacial score (nSPS) is 19.9. The van der Waals surface area contributed by atoms with Crippen molar-refractivity contribution in [3.63, 3.8) is 0 Å². The van der Waals surface area contributed by atoms with Crippen molar-refractivity contribution in [3.05, 3.63) is 54.0 Å². The molecule has 2 fully saturated rings. The van der Waals surface area contributed by atoms with Crippen LogP contribution in [0.25, 0.3) is 32.9 Å². The summed E-state index contributed by atoms with van der Waals surface area (Å²) in [5.41, 5.74) is 1.86. The minimum Gasteiger partial charge on any atom is -0.462 e. The van der Waals surface area contributed by atoms with E-state index in [0.29, 0.717) is 23.3 Å². The van der Waals surface area contributed by atoms with E-state index >= 15 is 4.39 Å². The second kappa shape index (κ2) is 13.8. The van der Waals surface area contributed by atoms with Gasteiger partial charge in [-0.05, 0) is 42.6 Å². The lowest BCUT2D eigenvalue weighted by molar-refractivity contribution is -0.127. The summed E-state index contributed by atoms with van der Waals surface area (Å²) in [5.74, 6) is 3.70. The van der Waals surface area contributed by atoms with Gasteiger partial charge < -0.3 is 19.3 Å². The Bertz CT molecular complexity index is 1920. The number of fused-ring (bicyclic) bond motifs is 2. The van der Waals surface area contributed by atoms with Crippen LogP contribution in [-0.4, -0.2) is 102 Å². The highest BCUT2D eigenvalue weighted by Crippen LogP contribution is 2.36. The van der Waals surface area contributed by atoms with E-state index in [9.17, 15) is 14.4 Å². The molecular formula is C35H35F2N7O3. The Labute approximate surface area is 271 Å². The van der Waals surface area contributed by atoms with E-state index < -0.39 is 24.4 Å². The molecule has 2 aromatic carbocycles. The number of carbonyl (C=O) groups is 1. The molecule has 1 amide bonds. The van der Waals surface area contributed by atoms with Crippen LogP contribution >= 0.6 is 0 Å². The quantitative estimate of drug-likeness (QED) is 0.274. The Hall–Kier alpha value is -4.91. The number of carbonyl (C=O) groups excluding carboxylic acids is 1. The second-order valence-corrected chi connectivity index (χ2v) is 11.9. The molecule has 10 nitrogen and oxygen atoms in total. The van der Waals surface area contributed by atoms with E-state index in [1.807, 2.05) is 55.3 Å². The molecule has 0 bridgehead atoms. The van der Waals surface area contributed by atoms with E-state index in [1.54, 1.807) is 13.3 Å². The Morgan fingerprint density at radius 1 is 1.13 bits per heavy atom. The molecule has 47 heavy (non-hydrogen) atoms. The molecule has 4 aromatic rings. The molecule has 0 radical (unpaired) electrons. The minimum atomic E-state index is -0.938. The lowest BCUT2D eigenvalue weighted by atomic mass is 9.97. The molecule has 2 aromatic heterocycles. The van der Waals surface area contributed by atoms with Crippen molar-refractivity contribution >= 4 is 33.4 Å². The van der Waals surface area contributed by atoms with E-state index in [1.165, 1.54) is 4.90 Å². The van der Waals surface area contributed by atoms with E-state index in [2.05, 4.69) is 32.8 Å². The number of rotatable bonds is 7. The van der Waals surface area contributed by atoms with Gasteiger partial charge in [-0.25, -0.2) is 8.78 Å². The first kappa shape index (κ1) is 32.0. The molecule has 242 valence electrons. The average Bonchev–Trinajstić information content (AvgIpc) is 3.45. The van der Waals surface area contributed by atoms with Crippen LogP contribution in [0.15, 0.2) is 42.6 Å². The number of alkyl halides is 1. The number of likely N-dealkylation sites (N-methyl/N-ethyl adjacent to an activating group) is 1. The van der Waals surface area contributed by atoms with Gasteiger partial charge in [-0.1, -0.05) is 42.3 Å². The van der Waals surface area contributed by atoms with Crippen molar-refractivity contribution in [2.45, 2.75) is 38.0 Å². The van der Waals surface area contributed by atoms with Gasteiger partial charge in [-0.15, -0.1) is 0 Å². The topological polar surface area (TPSA) is 108 Å². The number of nitrogens with zero attached hydrogens (tertiary/aromatic N) is 7. The number of nitriles is 1. The number of aromatic nitrogens is 3. The van der Waals surface area contributed by atoms with Gasteiger partial charge in [0.15, 0.2) is 12.5 Å². The van der Waals surface area contributed by atoms with Crippen LogP contribution in [0.2, 0.25) is 0 Å². The van der Waals surface area contributed by atoms with Gasteiger partial charge in [0, 0.05) is 51.1 Å². The standard InChI is InChI=1S/C35H35F2N7O3/c1-22-7-4-8-23-9-5-10-27(30(22)23)32-31(37)33-28(18-39-32)34(41-35(40-33)47-21-25-17-26(46-3)20-42(25)2)43-15-16-44(24(19-43)12-14-38)29(45)11-6-13-36/h4-5,7-10,18,24-26H,12-13,15-17,19-21H2,1-3H3/t24-,25-,26+/m0/s1. The minimum absolute atomic E-state index is 0.0102. The summed E-state index contributed by atoms with van der Waals surface area (Å²) in [6.45, 7) is 2.82. The van der Waals surface area contributed by atoms with Crippen LogP contribution in [-0.2, 0) is 9.53 Å². The molecular weight excluding hydrogens is 604 g/mol. The Kier molecular flexibility index (Phi) is 9.43. The van der Waals surface area contributed by atoms with Gasteiger partial charge in [-0.3, -0.25) is 14.7 Å². The summed E-state index contributed by atoms with van der Waals surface area (Å²) in [4.78, 5) is 32.2. The molecule has 4 heterocycles. The Morgan fingerprint density at radius 2 is 1.94 bits per heavy atom. The first-order chi connectivity index (χ1) is 22.8. The van der Waals surface area contributed by atoms with Crippen LogP contribution < -0.4 is 9.64 Å². The maximum atomic E-state index is 16.7. The van der Waals surface area contributed by atoms with Crippen molar-refractivity contribution in [1.82, 2.24) is 24.8 Å². The summed E-state index contributed by atoms with van der Waals surface area (Å²) < 4.78 is 41.1. The molecule has 2 aliphatic rings. The zero-order valence-corrected chi connectivity index (χ0v) is 26.5. The van der Waals surface area contributed by atoms with Gasteiger partial charge in [-0.2, -0.15) is 15.2 Å². The highest BCUT2D eigenvalue weighted by atomic mass is 19.1. The fraction of sp³-hybridized carbons (Fsp3) is 0.400. The van der Waals surface area contributed by atoms with E-state index in [-0.39, 0.29) is 55.5 Å². The predicted molar refractivity (Wildman–Crippen MR) is 174 cm³/mol. The third kappa shape index (κ3) is 6.39. The number of methoxy groups -OCH3 is 1. The molecule has 3 atom stereocenters. The number of aryl methyl sites for hydroxylation is 1. The third-order valence-corrected chi connectivity index (χ3v) is 9.03. The smallest absolute Gasteiger partial charge is 0.319 e. The number of hydrogen-bond donors (Lipinski definition) is 0. The molecule has 2 aliphatic heterocycles. The summed E-state index contributed by atoms with van der Waals surface area (Å²) in [5, 5.41) is 11.8. The lowest BCUT2D eigenvalue weighted by Crippen LogP contribution is -2.55. The van der Waals surface area contributed by atoms with Crippen molar-refractivity contribution in [2.24, 2.45) is 0 Å². The van der Waals surface area contributed by atoms with E-state index in [0.717, 1.165) is 29.3 Å². The van der Waals surface area contributed by atoms with Gasteiger partial charge in [0.2, 0.25) is 0 Å². The Balaban J connectivity index is 1.42. The third-order valence-electron chi connectivity index (χ3n) is 9.03. The number of benzene rings is 2. The summed E-state index contributed by atoms with van der Waals surface area (Å²) in [6, 6.07) is 13.3. The van der Waals surface area contributed by atoms with Crippen LogP contribution in [0.3, 0.4) is 0 Å². The number of pyridine rings is 1. The van der Waals surface area contributed by atoms with Crippen LogP contribution in [0.1, 0.15) is 18.4 Å².